The van der Waals surface area contributed by atoms with Crippen LogP contribution in [0.1, 0.15) is 17.5 Å². The SMILES string of the molecule is Oc1c2c(c(O)n1CCCN1CCN(c3ccccc3OCC(F)(F)F)CC1)CC1OC1C2. The van der Waals surface area contributed by atoms with E-state index in [4.69, 9.17) is 9.47 Å². The number of hydrogen-bond donors (Lipinski definition) is 2. The van der Waals surface area contributed by atoms with Crippen molar-refractivity contribution < 1.29 is 32.9 Å². The quantitative estimate of drug-likeness (QED) is 0.611. The van der Waals surface area contributed by atoms with Crippen molar-refractivity contribution in [3.05, 3.63) is 35.4 Å². The third-order valence-corrected chi connectivity index (χ3v) is 6.74. The zero-order valence-electron chi connectivity index (χ0n) is 18.2. The molecular weight excluding hydrogens is 439 g/mol. The van der Waals surface area contributed by atoms with Crippen LogP contribution in [0.25, 0.3) is 0 Å². The number of ether oxygens (including phenoxy) is 2. The Kier molecular flexibility index (Phi) is 5.82. The number of hydrogen-bond acceptors (Lipinski definition) is 6. The van der Waals surface area contributed by atoms with Gasteiger partial charge in [-0.25, -0.2) is 0 Å². The van der Waals surface area contributed by atoms with Gasteiger partial charge in [-0.1, -0.05) is 12.1 Å². The van der Waals surface area contributed by atoms with Gasteiger partial charge in [0.1, 0.15) is 5.75 Å². The molecule has 5 rings (SSSR count). The van der Waals surface area contributed by atoms with Crippen LogP contribution in [0.4, 0.5) is 18.9 Å². The van der Waals surface area contributed by atoms with E-state index in [0.29, 0.717) is 38.2 Å². The van der Waals surface area contributed by atoms with E-state index in [9.17, 15) is 23.4 Å². The Balaban J connectivity index is 1.12. The minimum Gasteiger partial charge on any atom is -0.494 e. The van der Waals surface area contributed by atoms with E-state index in [1.807, 2.05) is 4.90 Å². The van der Waals surface area contributed by atoms with E-state index in [2.05, 4.69) is 4.90 Å². The predicted molar refractivity (Wildman–Crippen MR) is 115 cm³/mol. The molecule has 3 aliphatic rings. The summed E-state index contributed by atoms with van der Waals surface area (Å²) < 4.78 is 49.8. The lowest BCUT2D eigenvalue weighted by atomic mass is 9.95. The van der Waals surface area contributed by atoms with Crippen LogP contribution in [0.2, 0.25) is 0 Å². The average molecular weight is 467 g/mol. The summed E-state index contributed by atoms with van der Waals surface area (Å²) in [6.07, 6.45) is -1.94. The van der Waals surface area contributed by atoms with Crippen molar-refractivity contribution in [2.24, 2.45) is 0 Å². The number of epoxide rings is 1. The van der Waals surface area contributed by atoms with Crippen molar-refractivity contribution >= 4 is 5.69 Å². The molecule has 2 saturated heterocycles. The number of nitrogens with zero attached hydrogens (tertiary/aromatic N) is 3. The maximum absolute atomic E-state index is 12.6. The number of benzene rings is 1. The highest BCUT2D eigenvalue weighted by atomic mass is 19.4. The zero-order chi connectivity index (χ0) is 23.2. The number of halogens is 3. The van der Waals surface area contributed by atoms with Crippen LogP contribution in [0.15, 0.2) is 24.3 Å². The number of anilines is 1. The summed E-state index contributed by atoms with van der Waals surface area (Å²) in [5.41, 5.74) is 2.30. The molecule has 0 radical (unpaired) electrons. The Hall–Kier alpha value is -2.59. The molecule has 33 heavy (non-hydrogen) atoms. The predicted octanol–water partition coefficient (Wildman–Crippen LogP) is 2.92. The first-order chi connectivity index (χ1) is 15.8. The van der Waals surface area contributed by atoms with Crippen molar-refractivity contribution in [2.45, 2.75) is 44.2 Å². The van der Waals surface area contributed by atoms with E-state index >= 15 is 0 Å². The number of rotatable bonds is 7. The van der Waals surface area contributed by atoms with Crippen LogP contribution in [0.5, 0.6) is 17.5 Å². The van der Waals surface area contributed by atoms with Gasteiger partial charge in [0.2, 0.25) is 0 Å². The van der Waals surface area contributed by atoms with Gasteiger partial charge in [-0.2, -0.15) is 13.2 Å². The third-order valence-electron chi connectivity index (χ3n) is 6.74. The first kappa shape index (κ1) is 22.2. The van der Waals surface area contributed by atoms with E-state index in [0.717, 1.165) is 37.2 Å². The number of fused-ring (bicyclic) bond motifs is 2. The molecule has 1 aromatic heterocycles. The molecule has 2 fully saturated rings. The highest BCUT2D eigenvalue weighted by molar-refractivity contribution is 5.58. The van der Waals surface area contributed by atoms with Crippen molar-refractivity contribution in [1.29, 1.82) is 0 Å². The molecule has 2 atom stereocenters. The fourth-order valence-corrected chi connectivity index (χ4v) is 4.94. The lowest BCUT2D eigenvalue weighted by Gasteiger charge is -2.36. The molecule has 180 valence electrons. The number of alkyl halides is 3. The molecule has 1 aliphatic carbocycles. The molecule has 3 heterocycles. The molecule has 10 heteroatoms. The molecule has 2 aromatic rings. The zero-order valence-corrected chi connectivity index (χ0v) is 18.2. The lowest BCUT2D eigenvalue weighted by molar-refractivity contribution is -0.153. The highest BCUT2D eigenvalue weighted by Gasteiger charge is 2.46. The van der Waals surface area contributed by atoms with Crippen molar-refractivity contribution in [3.8, 4) is 17.5 Å². The van der Waals surface area contributed by atoms with Gasteiger partial charge in [-0.15, -0.1) is 0 Å². The molecule has 0 spiro atoms. The summed E-state index contributed by atoms with van der Waals surface area (Å²) in [6, 6.07) is 6.83. The van der Waals surface area contributed by atoms with Crippen molar-refractivity contribution in [3.63, 3.8) is 0 Å². The molecule has 7 nitrogen and oxygen atoms in total. The van der Waals surface area contributed by atoms with Crippen LogP contribution in [0.3, 0.4) is 0 Å². The minimum absolute atomic E-state index is 0.150. The van der Waals surface area contributed by atoms with Crippen LogP contribution in [-0.4, -0.2) is 77.4 Å². The van der Waals surface area contributed by atoms with E-state index < -0.39 is 12.8 Å². The Bertz CT molecular complexity index is 968. The van der Waals surface area contributed by atoms with E-state index in [1.165, 1.54) is 0 Å². The van der Waals surface area contributed by atoms with Gasteiger partial charge in [0.25, 0.3) is 0 Å². The summed E-state index contributed by atoms with van der Waals surface area (Å²) in [5.74, 6) is 0.544. The monoisotopic (exact) mass is 467 g/mol. The summed E-state index contributed by atoms with van der Waals surface area (Å²) in [6.45, 7) is 2.93. The van der Waals surface area contributed by atoms with Crippen LogP contribution in [0, 0.1) is 0 Å². The summed E-state index contributed by atoms with van der Waals surface area (Å²) in [4.78, 5) is 4.34. The Labute approximate surface area is 189 Å². The molecule has 2 unspecified atom stereocenters. The van der Waals surface area contributed by atoms with Gasteiger partial charge in [0, 0.05) is 56.7 Å². The molecule has 2 aliphatic heterocycles. The largest absolute Gasteiger partial charge is 0.494 e. The second-order valence-electron chi connectivity index (χ2n) is 8.93. The summed E-state index contributed by atoms with van der Waals surface area (Å²) >= 11 is 0. The molecule has 0 amide bonds. The number of aromatic hydroxyl groups is 2. The fourth-order valence-electron chi connectivity index (χ4n) is 4.94. The van der Waals surface area contributed by atoms with Gasteiger partial charge < -0.3 is 24.6 Å². The third kappa shape index (κ3) is 4.72. The van der Waals surface area contributed by atoms with Crippen LogP contribution in [-0.2, 0) is 24.1 Å². The number of piperazine rings is 1. The lowest BCUT2D eigenvalue weighted by Crippen LogP contribution is -2.46. The van der Waals surface area contributed by atoms with Gasteiger partial charge in [-0.3, -0.25) is 9.47 Å². The Morgan fingerprint density at radius 1 is 0.939 bits per heavy atom. The highest BCUT2D eigenvalue weighted by Crippen LogP contribution is 2.45. The normalized spacial score (nSPS) is 22.7. The second-order valence-corrected chi connectivity index (χ2v) is 8.93. The second kappa shape index (κ2) is 8.64. The minimum atomic E-state index is -4.37. The van der Waals surface area contributed by atoms with Crippen molar-refractivity contribution in [1.82, 2.24) is 9.47 Å². The first-order valence-corrected chi connectivity index (χ1v) is 11.3. The molecule has 1 aromatic carbocycles. The van der Waals surface area contributed by atoms with Crippen molar-refractivity contribution in [2.75, 3.05) is 44.2 Å². The Morgan fingerprint density at radius 3 is 2.21 bits per heavy atom. The summed E-state index contributed by atoms with van der Waals surface area (Å²) in [5, 5.41) is 21.1. The van der Waals surface area contributed by atoms with Gasteiger partial charge in [-0.05, 0) is 25.1 Å². The molecule has 2 N–H and O–H groups in total. The van der Waals surface area contributed by atoms with Gasteiger partial charge in [0.15, 0.2) is 18.4 Å². The summed E-state index contributed by atoms with van der Waals surface area (Å²) in [7, 11) is 0. The molecule has 0 saturated carbocycles. The van der Waals surface area contributed by atoms with E-state index in [1.54, 1.807) is 28.8 Å². The maximum Gasteiger partial charge on any atom is 0.422 e. The molecular formula is C23H28F3N3O4. The standard InChI is InChI=1S/C23H28F3N3O4/c24-23(25,26)14-32-18-5-2-1-4-17(18)28-10-8-27(9-11-28)6-3-7-29-21(30)15-12-19-20(33-19)13-16(15)22(29)31/h1-2,4-5,19-20,30-31H,3,6-14H2. The molecule has 0 bridgehead atoms. The first-order valence-electron chi connectivity index (χ1n) is 11.3. The van der Waals surface area contributed by atoms with Gasteiger partial charge in [0.05, 0.1) is 17.9 Å². The van der Waals surface area contributed by atoms with Gasteiger partial charge >= 0.3 is 6.18 Å². The van der Waals surface area contributed by atoms with Crippen LogP contribution >= 0.6 is 0 Å². The Morgan fingerprint density at radius 2 is 1.58 bits per heavy atom. The smallest absolute Gasteiger partial charge is 0.422 e. The maximum atomic E-state index is 12.6. The average Bonchev–Trinajstić information content (AvgIpc) is 3.53. The fraction of sp³-hybridized carbons (Fsp3) is 0.565. The van der Waals surface area contributed by atoms with Crippen LogP contribution < -0.4 is 9.64 Å². The number of aromatic nitrogens is 1. The topological polar surface area (TPSA) is 73.6 Å². The number of para-hydroxylation sites is 2. The van der Waals surface area contributed by atoms with E-state index in [-0.39, 0.29) is 29.7 Å².